The van der Waals surface area contributed by atoms with Gasteiger partial charge in [0.1, 0.15) is 17.2 Å². The molecule has 0 atom stereocenters. The van der Waals surface area contributed by atoms with Crippen LogP contribution in [0, 0.1) is 11.6 Å². The van der Waals surface area contributed by atoms with Crippen molar-refractivity contribution in [1.29, 1.82) is 0 Å². The Kier molecular flexibility index (Phi) is 5.44. The number of carbonyl (C=O) groups excluding carboxylic acids is 1. The third-order valence-corrected chi connectivity index (χ3v) is 5.45. The zero-order chi connectivity index (χ0) is 20.4. The van der Waals surface area contributed by atoms with Gasteiger partial charge in [-0.15, -0.1) is 0 Å². The summed E-state index contributed by atoms with van der Waals surface area (Å²) < 4.78 is 29.2. The minimum Gasteiger partial charge on any atom is -0.351 e. The van der Waals surface area contributed by atoms with Gasteiger partial charge in [-0.2, -0.15) is 0 Å². The molecule has 8 heteroatoms. The van der Waals surface area contributed by atoms with Crippen LogP contribution in [-0.4, -0.2) is 46.5 Å². The monoisotopic (exact) mass is 400 g/mol. The number of halogens is 2. The van der Waals surface area contributed by atoms with Gasteiger partial charge in [-0.1, -0.05) is 18.2 Å². The number of hydrogen-bond acceptors (Lipinski definition) is 3. The number of amides is 1. The van der Waals surface area contributed by atoms with Crippen LogP contribution in [0.3, 0.4) is 0 Å². The summed E-state index contributed by atoms with van der Waals surface area (Å²) in [6, 6.07) is 11.1. The number of rotatable bonds is 5. The summed E-state index contributed by atoms with van der Waals surface area (Å²) in [6.45, 7) is 2.43. The van der Waals surface area contributed by atoms with E-state index in [1.54, 1.807) is 0 Å². The molecule has 2 aromatic carbocycles. The number of nitrogens with zero attached hydrogens (tertiary/aromatic N) is 2. The fourth-order valence-corrected chi connectivity index (χ4v) is 3.97. The number of para-hydroxylation sites is 2. The van der Waals surface area contributed by atoms with E-state index in [-0.39, 0.29) is 11.7 Å². The molecule has 1 fully saturated rings. The molecule has 0 aliphatic carbocycles. The second-order valence-corrected chi connectivity index (χ2v) is 7.24. The molecule has 2 N–H and O–H groups in total. The molecule has 0 unspecified atom stereocenters. The second kappa shape index (κ2) is 8.16. The van der Waals surface area contributed by atoms with Gasteiger partial charge in [-0.3, -0.25) is 9.36 Å². The topological polar surface area (TPSA) is 70.1 Å². The number of hydrogen-bond donors (Lipinski definition) is 2. The first-order valence-electron chi connectivity index (χ1n) is 9.68. The number of fused-ring (bicyclic) bond motifs is 1. The van der Waals surface area contributed by atoms with Crippen LogP contribution in [0.2, 0.25) is 0 Å². The number of aromatic amines is 1. The lowest BCUT2D eigenvalue weighted by molar-refractivity contribution is 0.0936. The molecule has 0 spiro atoms. The zero-order valence-electron chi connectivity index (χ0n) is 15.8. The van der Waals surface area contributed by atoms with Gasteiger partial charge in [0.05, 0.1) is 11.0 Å². The van der Waals surface area contributed by atoms with Gasteiger partial charge in [0, 0.05) is 32.2 Å². The van der Waals surface area contributed by atoms with Crippen LogP contribution < -0.4 is 11.0 Å². The predicted molar refractivity (Wildman–Crippen MR) is 106 cm³/mol. The van der Waals surface area contributed by atoms with Crippen LogP contribution in [0.15, 0.2) is 47.3 Å². The van der Waals surface area contributed by atoms with E-state index in [9.17, 15) is 18.4 Å². The van der Waals surface area contributed by atoms with Crippen molar-refractivity contribution in [2.75, 3.05) is 26.2 Å². The third kappa shape index (κ3) is 3.93. The van der Waals surface area contributed by atoms with Gasteiger partial charge in [0.15, 0.2) is 0 Å². The van der Waals surface area contributed by atoms with Crippen molar-refractivity contribution in [1.82, 2.24) is 19.8 Å². The summed E-state index contributed by atoms with van der Waals surface area (Å²) in [7, 11) is 0. The number of imidazole rings is 1. The Morgan fingerprint density at radius 2 is 1.76 bits per heavy atom. The Morgan fingerprint density at radius 1 is 1.07 bits per heavy atom. The summed E-state index contributed by atoms with van der Waals surface area (Å²) in [5.41, 5.74) is 1.10. The molecule has 0 saturated carbocycles. The first kappa shape index (κ1) is 19.3. The van der Waals surface area contributed by atoms with E-state index >= 15 is 0 Å². The maximum absolute atomic E-state index is 13.7. The van der Waals surface area contributed by atoms with Gasteiger partial charge in [0.2, 0.25) is 0 Å². The first-order valence-corrected chi connectivity index (χ1v) is 9.68. The van der Waals surface area contributed by atoms with Gasteiger partial charge in [-0.05, 0) is 37.1 Å². The number of H-pyrrole nitrogens is 1. The molecular formula is C21H22F2N4O2. The lowest BCUT2D eigenvalue weighted by Gasteiger charge is -2.32. The molecule has 3 aromatic rings. The van der Waals surface area contributed by atoms with Crippen LogP contribution in [-0.2, 0) is 0 Å². The van der Waals surface area contributed by atoms with Crippen molar-refractivity contribution >= 4 is 16.9 Å². The second-order valence-electron chi connectivity index (χ2n) is 7.24. The highest BCUT2D eigenvalue weighted by Gasteiger charge is 2.23. The van der Waals surface area contributed by atoms with E-state index in [1.807, 2.05) is 28.8 Å². The molecule has 1 aliphatic rings. The minimum absolute atomic E-state index is 0.0937. The summed E-state index contributed by atoms with van der Waals surface area (Å²) in [5.74, 6) is -2.49. The maximum Gasteiger partial charge on any atom is 0.326 e. The maximum atomic E-state index is 13.7. The molecule has 0 radical (unpaired) electrons. The number of carbonyl (C=O) groups is 1. The van der Waals surface area contributed by atoms with Gasteiger partial charge in [-0.25, -0.2) is 13.6 Å². The standard InChI is InChI=1S/C21H22F2N4O2/c22-15-4-3-5-16(23)19(15)20(28)24-10-13-26-11-8-14(9-12-26)27-18-7-2-1-6-17(18)25-21(27)29/h1-7,14H,8-13H2,(H,24,28)(H,25,29). The van der Waals surface area contributed by atoms with Crippen LogP contribution in [0.4, 0.5) is 8.78 Å². The third-order valence-electron chi connectivity index (χ3n) is 5.45. The highest BCUT2D eigenvalue weighted by molar-refractivity contribution is 5.94. The fraction of sp³-hybridized carbons (Fsp3) is 0.333. The largest absolute Gasteiger partial charge is 0.351 e. The normalized spacial score (nSPS) is 15.7. The van der Waals surface area contributed by atoms with E-state index in [2.05, 4.69) is 15.2 Å². The van der Waals surface area contributed by atoms with Crippen LogP contribution in [0.5, 0.6) is 0 Å². The van der Waals surface area contributed by atoms with Crippen LogP contribution in [0.25, 0.3) is 11.0 Å². The van der Waals surface area contributed by atoms with E-state index < -0.39 is 23.1 Å². The smallest absolute Gasteiger partial charge is 0.326 e. The van der Waals surface area contributed by atoms with E-state index in [0.29, 0.717) is 13.1 Å². The number of piperidine rings is 1. The number of aromatic nitrogens is 2. The molecule has 1 aliphatic heterocycles. The van der Waals surface area contributed by atoms with Crippen LogP contribution >= 0.6 is 0 Å². The molecule has 152 valence electrons. The summed E-state index contributed by atoms with van der Waals surface area (Å²) in [5, 5.41) is 2.58. The fourth-order valence-electron chi connectivity index (χ4n) is 3.97. The van der Waals surface area contributed by atoms with Crippen molar-refractivity contribution in [2.45, 2.75) is 18.9 Å². The molecular weight excluding hydrogens is 378 g/mol. The molecule has 29 heavy (non-hydrogen) atoms. The summed E-state index contributed by atoms with van der Waals surface area (Å²) >= 11 is 0. The SMILES string of the molecule is O=C(NCCN1CCC(n2c(=O)[nH]c3ccccc32)CC1)c1c(F)cccc1F. The number of nitrogens with one attached hydrogen (secondary N) is 2. The number of benzene rings is 2. The Hall–Kier alpha value is -3.00. The number of likely N-dealkylation sites (tertiary alicyclic amines) is 1. The van der Waals surface area contributed by atoms with Crippen LogP contribution in [0.1, 0.15) is 29.2 Å². The van der Waals surface area contributed by atoms with E-state index in [0.717, 1.165) is 49.1 Å². The van der Waals surface area contributed by atoms with Crippen molar-refractivity contribution in [3.63, 3.8) is 0 Å². The quantitative estimate of drug-likeness (QED) is 0.692. The Bertz CT molecular complexity index is 1060. The molecule has 2 heterocycles. The van der Waals surface area contributed by atoms with Gasteiger partial charge >= 0.3 is 5.69 Å². The van der Waals surface area contributed by atoms with Crippen molar-refractivity contribution < 1.29 is 13.6 Å². The first-order chi connectivity index (χ1) is 14.0. The van der Waals surface area contributed by atoms with Gasteiger partial charge in [0.25, 0.3) is 5.91 Å². The molecule has 1 amide bonds. The Balaban J connectivity index is 1.31. The molecule has 0 bridgehead atoms. The zero-order valence-corrected chi connectivity index (χ0v) is 15.8. The van der Waals surface area contributed by atoms with Gasteiger partial charge < -0.3 is 15.2 Å². The minimum atomic E-state index is -0.868. The summed E-state index contributed by atoms with van der Waals surface area (Å²) in [6.07, 6.45) is 1.63. The van der Waals surface area contributed by atoms with E-state index in [1.165, 1.54) is 6.07 Å². The highest BCUT2D eigenvalue weighted by atomic mass is 19.1. The average Bonchev–Trinajstić information content (AvgIpc) is 3.04. The highest BCUT2D eigenvalue weighted by Crippen LogP contribution is 2.24. The Labute approximate surface area is 166 Å². The predicted octanol–water partition coefficient (Wildman–Crippen LogP) is 2.67. The lowest BCUT2D eigenvalue weighted by atomic mass is 10.0. The van der Waals surface area contributed by atoms with Crippen molar-refractivity contribution in [3.8, 4) is 0 Å². The molecule has 6 nitrogen and oxygen atoms in total. The molecule has 4 rings (SSSR count). The summed E-state index contributed by atoms with van der Waals surface area (Å²) in [4.78, 5) is 29.5. The van der Waals surface area contributed by atoms with E-state index in [4.69, 9.17) is 0 Å². The van der Waals surface area contributed by atoms with Crippen molar-refractivity contribution in [3.05, 3.63) is 70.1 Å². The molecule has 1 saturated heterocycles. The average molecular weight is 400 g/mol. The molecule has 1 aromatic heterocycles. The Morgan fingerprint density at radius 3 is 2.48 bits per heavy atom. The van der Waals surface area contributed by atoms with Crippen molar-refractivity contribution in [2.24, 2.45) is 0 Å². The lowest BCUT2D eigenvalue weighted by Crippen LogP contribution is -2.41.